The fraction of sp³-hybridized carbons (Fsp3) is 0.350. The van der Waals surface area contributed by atoms with Gasteiger partial charge in [0, 0.05) is 17.3 Å². The third-order valence-corrected chi connectivity index (χ3v) is 6.38. The molecule has 28 heavy (non-hydrogen) atoms. The standard InChI is InChI=1S/C20H25N3O3S.ClH/c21-14-16-6-4-5-9-19(16)22-20(24)15-10-12-17(13-11-15)23-27(25,26)18-7-2-1-3-8-18;/h1-3,7-8,10-13,16,19,23H,4-6,9,14,21H2,(H,22,24);1H. The van der Waals surface area contributed by atoms with Gasteiger partial charge in [0.1, 0.15) is 0 Å². The van der Waals surface area contributed by atoms with Crippen LogP contribution in [0, 0.1) is 5.92 Å². The second-order valence-corrected chi connectivity index (χ2v) is 8.54. The van der Waals surface area contributed by atoms with Crippen LogP contribution < -0.4 is 15.8 Å². The van der Waals surface area contributed by atoms with E-state index < -0.39 is 10.0 Å². The lowest BCUT2D eigenvalue weighted by atomic mass is 9.84. The van der Waals surface area contributed by atoms with Gasteiger partial charge in [0.15, 0.2) is 0 Å². The Morgan fingerprint density at radius 2 is 1.64 bits per heavy atom. The van der Waals surface area contributed by atoms with Gasteiger partial charge in [-0.3, -0.25) is 9.52 Å². The molecule has 0 heterocycles. The van der Waals surface area contributed by atoms with E-state index in [1.54, 1.807) is 42.5 Å². The Morgan fingerprint density at radius 3 is 2.29 bits per heavy atom. The Hall–Kier alpha value is -2.09. The van der Waals surface area contributed by atoms with Gasteiger partial charge in [-0.25, -0.2) is 8.42 Å². The highest BCUT2D eigenvalue weighted by atomic mass is 35.5. The van der Waals surface area contributed by atoms with Crippen molar-refractivity contribution < 1.29 is 13.2 Å². The molecule has 152 valence electrons. The van der Waals surface area contributed by atoms with E-state index in [1.807, 2.05) is 0 Å². The topological polar surface area (TPSA) is 101 Å². The highest BCUT2D eigenvalue weighted by molar-refractivity contribution is 7.92. The summed E-state index contributed by atoms with van der Waals surface area (Å²) in [5.74, 6) is 0.164. The number of amides is 1. The van der Waals surface area contributed by atoms with E-state index in [9.17, 15) is 13.2 Å². The van der Waals surface area contributed by atoms with Crippen molar-refractivity contribution in [3.05, 3.63) is 60.2 Å². The van der Waals surface area contributed by atoms with Gasteiger partial charge in [-0.2, -0.15) is 0 Å². The Morgan fingerprint density at radius 1 is 1.00 bits per heavy atom. The number of nitrogens with two attached hydrogens (primary N) is 1. The van der Waals surface area contributed by atoms with Gasteiger partial charge in [-0.05, 0) is 61.7 Å². The summed E-state index contributed by atoms with van der Waals surface area (Å²) in [6.07, 6.45) is 4.25. The number of nitrogens with one attached hydrogen (secondary N) is 2. The summed E-state index contributed by atoms with van der Waals surface area (Å²) in [6.45, 7) is 0.575. The third kappa shape index (κ3) is 5.47. The number of sulfonamides is 1. The molecule has 1 amide bonds. The van der Waals surface area contributed by atoms with Gasteiger partial charge in [-0.15, -0.1) is 12.4 Å². The predicted octanol–water partition coefficient (Wildman–Crippen LogP) is 3.16. The summed E-state index contributed by atoms with van der Waals surface area (Å²) >= 11 is 0. The first kappa shape index (κ1) is 22.2. The van der Waals surface area contributed by atoms with E-state index in [1.165, 1.54) is 12.1 Å². The van der Waals surface area contributed by atoms with Crippen LogP contribution in [-0.2, 0) is 10.0 Å². The van der Waals surface area contributed by atoms with Crippen LogP contribution in [-0.4, -0.2) is 26.9 Å². The second kappa shape index (κ2) is 9.91. The van der Waals surface area contributed by atoms with Crippen LogP contribution >= 0.6 is 12.4 Å². The maximum Gasteiger partial charge on any atom is 0.261 e. The summed E-state index contributed by atoms with van der Waals surface area (Å²) in [5, 5.41) is 3.07. The summed E-state index contributed by atoms with van der Waals surface area (Å²) in [5.41, 5.74) is 6.73. The summed E-state index contributed by atoms with van der Waals surface area (Å²) < 4.78 is 27.2. The number of benzene rings is 2. The van der Waals surface area contributed by atoms with E-state index in [-0.39, 0.29) is 29.3 Å². The zero-order valence-corrected chi connectivity index (χ0v) is 17.1. The molecule has 2 aromatic carbocycles. The first-order chi connectivity index (χ1) is 13.0. The van der Waals surface area contributed by atoms with Crippen molar-refractivity contribution in [1.29, 1.82) is 0 Å². The van der Waals surface area contributed by atoms with Crippen molar-refractivity contribution in [2.24, 2.45) is 11.7 Å². The zero-order chi connectivity index (χ0) is 19.3. The molecule has 0 bridgehead atoms. The molecule has 2 aromatic rings. The molecule has 0 aromatic heterocycles. The molecule has 1 aliphatic carbocycles. The average Bonchev–Trinajstić information content (AvgIpc) is 2.69. The Labute approximate surface area is 172 Å². The van der Waals surface area contributed by atoms with Gasteiger partial charge < -0.3 is 11.1 Å². The lowest BCUT2D eigenvalue weighted by Gasteiger charge is -2.31. The smallest absolute Gasteiger partial charge is 0.261 e. The van der Waals surface area contributed by atoms with E-state index >= 15 is 0 Å². The SMILES string of the molecule is Cl.NCC1CCCCC1NC(=O)c1ccc(NS(=O)(=O)c2ccccc2)cc1. The Balaban J connectivity index is 0.00000280. The molecule has 0 spiro atoms. The quantitative estimate of drug-likeness (QED) is 0.664. The van der Waals surface area contributed by atoms with Crippen molar-refractivity contribution in [3.63, 3.8) is 0 Å². The van der Waals surface area contributed by atoms with Crippen LogP contribution in [0.5, 0.6) is 0 Å². The zero-order valence-electron chi connectivity index (χ0n) is 15.5. The van der Waals surface area contributed by atoms with Crippen molar-refractivity contribution in [2.75, 3.05) is 11.3 Å². The van der Waals surface area contributed by atoms with Crippen molar-refractivity contribution in [3.8, 4) is 0 Å². The maximum atomic E-state index is 12.5. The van der Waals surface area contributed by atoms with Gasteiger partial charge in [0.25, 0.3) is 15.9 Å². The monoisotopic (exact) mass is 423 g/mol. The number of carbonyl (C=O) groups is 1. The van der Waals surface area contributed by atoms with Gasteiger partial charge in [0.05, 0.1) is 4.90 Å². The number of hydrogen-bond donors (Lipinski definition) is 3. The lowest BCUT2D eigenvalue weighted by Crippen LogP contribution is -2.44. The van der Waals surface area contributed by atoms with E-state index in [0.717, 1.165) is 25.7 Å². The molecule has 3 rings (SSSR count). The molecule has 8 heteroatoms. The Kier molecular flexibility index (Phi) is 7.86. The Bertz CT molecular complexity index is 873. The predicted molar refractivity (Wildman–Crippen MR) is 113 cm³/mol. The molecule has 1 saturated carbocycles. The van der Waals surface area contributed by atoms with Crippen molar-refractivity contribution in [2.45, 2.75) is 36.6 Å². The molecule has 0 radical (unpaired) electrons. The molecule has 2 unspecified atom stereocenters. The lowest BCUT2D eigenvalue weighted by molar-refractivity contribution is 0.0908. The molecule has 6 nitrogen and oxygen atoms in total. The summed E-state index contributed by atoms with van der Waals surface area (Å²) in [6, 6.07) is 14.7. The first-order valence-electron chi connectivity index (χ1n) is 9.18. The first-order valence-corrected chi connectivity index (χ1v) is 10.7. The molecule has 0 saturated heterocycles. The van der Waals surface area contributed by atoms with Crippen LogP contribution in [0.1, 0.15) is 36.0 Å². The minimum atomic E-state index is -3.64. The third-order valence-electron chi connectivity index (χ3n) is 4.98. The van der Waals surface area contributed by atoms with Crippen LogP contribution in [0.4, 0.5) is 5.69 Å². The number of anilines is 1. The molecule has 1 aliphatic rings. The van der Waals surface area contributed by atoms with Gasteiger partial charge in [-0.1, -0.05) is 31.0 Å². The number of carbonyl (C=O) groups excluding carboxylic acids is 1. The van der Waals surface area contributed by atoms with Gasteiger partial charge >= 0.3 is 0 Å². The molecule has 4 N–H and O–H groups in total. The minimum absolute atomic E-state index is 0. The minimum Gasteiger partial charge on any atom is -0.349 e. The highest BCUT2D eigenvalue weighted by Crippen LogP contribution is 2.24. The average molecular weight is 424 g/mol. The highest BCUT2D eigenvalue weighted by Gasteiger charge is 2.25. The summed E-state index contributed by atoms with van der Waals surface area (Å²) in [4.78, 5) is 12.7. The normalized spacial score (nSPS) is 19.3. The van der Waals surface area contributed by atoms with Gasteiger partial charge in [0.2, 0.25) is 0 Å². The molecular formula is C20H26ClN3O3S. The van der Waals surface area contributed by atoms with E-state index in [2.05, 4.69) is 10.0 Å². The molecule has 1 fully saturated rings. The number of rotatable bonds is 6. The van der Waals surface area contributed by atoms with E-state index in [0.29, 0.717) is 23.7 Å². The molecule has 2 atom stereocenters. The van der Waals surface area contributed by atoms with Crippen molar-refractivity contribution in [1.82, 2.24) is 5.32 Å². The number of hydrogen-bond acceptors (Lipinski definition) is 4. The van der Waals surface area contributed by atoms with Crippen molar-refractivity contribution >= 4 is 34.0 Å². The van der Waals surface area contributed by atoms with Crippen LogP contribution in [0.25, 0.3) is 0 Å². The second-order valence-electron chi connectivity index (χ2n) is 6.86. The van der Waals surface area contributed by atoms with Crippen LogP contribution in [0.15, 0.2) is 59.5 Å². The fourth-order valence-corrected chi connectivity index (χ4v) is 4.51. The largest absolute Gasteiger partial charge is 0.349 e. The molecule has 0 aliphatic heterocycles. The van der Waals surface area contributed by atoms with Crippen LogP contribution in [0.2, 0.25) is 0 Å². The summed E-state index contributed by atoms with van der Waals surface area (Å²) in [7, 11) is -3.64. The van der Waals surface area contributed by atoms with E-state index in [4.69, 9.17) is 5.73 Å². The van der Waals surface area contributed by atoms with Crippen LogP contribution in [0.3, 0.4) is 0 Å². The number of halogens is 1. The molecular weight excluding hydrogens is 398 g/mol. The maximum absolute atomic E-state index is 12.5. The fourth-order valence-electron chi connectivity index (χ4n) is 3.43.